The average Bonchev–Trinajstić information content (AvgIpc) is 3.03. The van der Waals surface area contributed by atoms with E-state index in [0.29, 0.717) is 35.9 Å². The Hall–Kier alpha value is -0.450. The summed E-state index contributed by atoms with van der Waals surface area (Å²) < 4.78 is 0. The van der Waals surface area contributed by atoms with Gasteiger partial charge in [0.25, 0.3) is 0 Å². The van der Waals surface area contributed by atoms with E-state index in [-0.39, 0.29) is 6.04 Å². The maximum Gasteiger partial charge on any atom is 0.147 e. The fraction of sp³-hybridized carbons (Fsp3) is 0.941. The highest BCUT2D eigenvalue weighted by molar-refractivity contribution is 5.82. The lowest BCUT2D eigenvalue weighted by Gasteiger charge is -2.38. The molecule has 6 unspecified atom stereocenters. The maximum atomic E-state index is 12.2. The number of rotatable bonds is 2. The van der Waals surface area contributed by atoms with Crippen LogP contribution in [0, 0.1) is 17.8 Å². The van der Waals surface area contributed by atoms with Gasteiger partial charge in [0, 0.05) is 18.0 Å². The van der Waals surface area contributed by atoms with Gasteiger partial charge in [-0.25, -0.2) is 0 Å². The smallest absolute Gasteiger partial charge is 0.147 e. The molecule has 0 radical (unpaired) electrons. The molecular formula is C17H29N3O. The zero-order valence-electron chi connectivity index (χ0n) is 13.1. The van der Waals surface area contributed by atoms with Gasteiger partial charge in [0.2, 0.25) is 0 Å². The Bertz CT molecular complexity index is 407. The Morgan fingerprint density at radius 3 is 2.52 bits per heavy atom. The molecule has 1 saturated carbocycles. The van der Waals surface area contributed by atoms with Crippen LogP contribution in [0.4, 0.5) is 0 Å². The summed E-state index contributed by atoms with van der Waals surface area (Å²) >= 11 is 0. The summed E-state index contributed by atoms with van der Waals surface area (Å²) in [6.45, 7) is 2.93. The Morgan fingerprint density at radius 2 is 1.76 bits per heavy atom. The summed E-state index contributed by atoms with van der Waals surface area (Å²) in [6, 6.07) is 1.27. The van der Waals surface area contributed by atoms with Crippen molar-refractivity contribution in [3.8, 4) is 0 Å². The van der Waals surface area contributed by atoms with E-state index in [1.165, 1.54) is 44.9 Å². The molecular weight excluding hydrogens is 262 g/mol. The van der Waals surface area contributed by atoms with Gasteiger partial charge in [-0.05, 0) is 38.1 Å². The van der Waals surface area contributed by atoms with E-state index in [4.69, 9.17) is 0 Å². The number of hydrogen-bond donors (Lipinski definition) is 3. The van der Waals surface area contributed by atoms with Gasteiger partial charge >= 0.3 is 0 Å². The van der Waals surface area contributed by atoms with E-state index in [9.17, 15) is 4.79 Å². The Balaban J connectivity index is 1.60. The zero-order valence-corrected chi connectivity index (χ0v) is 13.1. The van der Waals surface area contributed by atoms with Crippen LogP contribution in [-0.2, 0) is 4.79 Å². The lowest BCUT2D eigenvalue weighted by atomic mass is 9.69. The summed E-state index contributed by atoms with van der Waals surface area (Å²) in [4.78, 5) is 12.2. The molecule has 118 valence electrons. The van der Waals surface area contributed by atoms with Gasteiger partial charge in [-0.2, -0.15) is 0 Å². The zero-order chi connectivity index (χ0) is 14.4. The maximum absolute atomic E-state index is 12.2. The third-order valence-corrected chi connectivity index (χ3v) is 6.52. The molecule has 3 heterocycles. The molecule has 6 atom stereocenters. The van der Waals surface area contributed by atoms with Crippen LogP contribution in [0.5, 0.6) is 0 Å². The van der Waals surface area contributed by atoms with Crippen molar-refractivity contribution < 1.29 is 4.79 Å². The van der Waals surface area contributed by atoms with Gasteiger partial charge in [0.15, 0.2) is 0 Å². The molecule has 4 fully saturated rings. The summed E-state index contributed by atoms with van der Waals surface area (Å²) in [6.07, 6.45) is 9.68. The second kappa shape index (κ2) is 5.64. The Morgan fingerprint density at radius 1 is 0.952 bits per heavy atom. The molecule has 4 nitrogen and oxygen atoms in total. The first-order chi connectivity index (χ1) is 10.3. The van der Waals surface area contributed by atoms with Crippen LogP contribution in [0.2, 0.25) is 0 Å². The van der Waals surface area contributed by atoms with Gasteiger partial charge < -0.3 is 5.32 Å². The lowest BCUT2D eigenvalue weighted by molar-refractivity contribution is -0.120. The molecule has 4 aliphatic rings. The first-order valence-electron chi connectivity index (χ1n) is 9.01. The summed E-state index contributed by atoms with van der Waals surface area (Å²) in [7, 11) is 0. The number of piperidine rings is 1. The van der Waals surface area contributed by atoms with E-state index in [2.05, 4.69) is 16.0 Å². The van der Waals surface area contributed by atoms with E-state index in [1.807, 2.05) is 0 Å². The summed E-state index contributed by atoms with van der Waals surface area (Å²) in [5.41, 5.74) is 0. The highest BCUT2D eigenvalue weighted by atomic mass is 16.1. The Kier molecular flexibility index (Phi) is 3.80. The predicted octanol–water partition coefficient (Wildman–Crippen LogP) is 1.41. The number of carbonyl (C=O) groups excluding carboxylic acids is 1. The van der Waals surface area contributed by atoms with E-state index < -0.39 is 0 Å². The van der Waals surface area contributed by atoms with Gasteiger partial charge in [-0.1, -0.05) is 32.1 Å². The first kappa shape index (κ1) is 14.2. The van der Waals surface area contributed by atoms with E-state index in [1.54, 1.807) is 6.92 Å². The molecule has 0 amide bonds. The second-order valence-corrected chi connectivity index (χ2v) is 7.68. The third-order valence-electron chi connectivity index (χ3n) is 6.52. The van der Waals surface area contributed by atoms with Crippen molar-refractivity contribution in [3.63, 3.8) is 0 Å². The minimum absolute atomic E-state index is 0.0836. The van der Waals surface area contributed by atoms with Crippen LogP contribution < -0.4 is 16.0 Å². The lowest BCUT2D eigenvalue weighted by Crippen LogP contribution is -2.52. The van der Waals surface area contributed by atoms with Crippen molar-refractivity contribution in [2.75, 3.05) is 6.54 Å². The minimum Gasteiger partial charge on any atom is -0.312 e. The predicted molar refractivity (Wildman–Crippen MR) is 82.9 cm³/mol. The topological polar surface area (TPSA) is 53.2 Å². The van der Waals surface area contributed by atoms with Gasteiger partial charge in [0.05, 0.1) is 12.2 Å². The fourth-order valence-electron chi connectivity index (χ4n) is 5.69. The number of nitrogens with one attached hydrogen (secondary N) is 3. The highest BCUT2D eigenvalue weighted by Crippen LogP contribution is 2.45. The summed E-state index contributed by atoms with van der Waals surface area (Å²) in [5.74, 6) is 2.24. The van der Waals surface area contributed by atoms with Crippen molar-refractivity contribution in [2.45, 2.75) is 76.2 Å². The molecule has 3 N–H and O–H groups in total. The average molecular weight is 291 g/mol. The molecule has 0 spiro atoms. The van der Waals surface area contributed by atoms with Crippen LogP contribution in [0.3, 0.4) is 0 Å². The van der Waals surface area contributed by atoms with Crippen LogP contribution in [0.1, 0.15) is 51.9 Å². The number of carbonyl (C=O) groups is 1. The van der Waals surface area contributed by atoms with Crippen LogP contribution >= 0.6 is 0 Å². The standard InChI is InChI=1S/C17H29N3O/c1-10(21)15-13(11-6-3-2-4-7-11)14-16-12(8-5-9-18-16)19-17(14)20-15/h11-20H,2-9H2,1H3. The number of ketones is 1. The van der Waals surface area contributed by atoms with Gasteiger partial charge in [-0.15, -0.1) is 0 Å². The molecule has 0 aromatic rings. The fourth-order valence-corrected chi connectivity index (χ4v) is 5.69. The molecule has 21 heavy (non-hydrogen) atoms. The molecule has 4 rings (SSSR count). The van der Waals surface area contributed by atoms with Crippen LogP contribution in [0.15, 0.2) is 0 Å². The molecule has 4 heteroatoms. The summed E-state index contributed by atoms with van der Waals surface area (Å²) in [5, 5.41) is 11.2. The van der Waals surface area contributed by atoms with E-state index >= 15 is 0 Å². The number of hydrogen-bond acceptors (Lipinski definition) is 4. The van der Waals surface area contributed by atoms with Crippen LogP contribution in [-0.4, -0.2) is 36.6 Å². The van der Waals surface area contributed by atoms with Crippen molar-refractivity contribution in [1.29, 1.82) is 0 Å². The molecule has 0 aromatic heterocycles. The van der Waals surface area contributed by atoms with Gasteiger partial charge in [0.1, 0.15) is 5.78 Å². The van der Waals surface area contributed by atoms with Crippen molar-refractivity contribution in [1.82, 2.24) is 16.0 Å². The monoisotopic (exact) mass is 291 g/mol. The third kappa shape index (κ3) is 2.36. The Labute approximate surface area is 127 Å². The SMILES string of the molecule is CC(=O)C1NC2NC3CCCNC3C2C1C1CCCCC1. The quantitative estimate of drug-likeness (QED) is 0.720. The number of fused-ring (bicyclic) bond motifs is 3. The molecule has 0 aromatic carbocycles. The first-order valence-corrected chi connectivity index (χ1v) is 9.01. The second-order valence-electron chi connectivity index (χ2n) is 7.68. The highest BCUT2D eigenvalue weighted by Gasteiger charge is 2.56. The molecule has 3 saturated heterocycles. The minimum atomic E-state index is 0.0836. The van der Waals surface area contributed by atoms with Gasteiger partial charge in [-0.3, -0.25) is 15.4 Å². The number of Topliss-reactive ketones (excluding diaryl/α,β-unsaturated/α-hetero) is 1. The van der Waals surface area contributed by atoms with E-state index in [0.717, 1.165) is 12.5 Å². The molecule has 0 bridgehead atoms. The van der Waals surface area contributed by atoms with Crippen molar-refractivity contribution in [2.24, 2.45) is 17.8 Å². The van der Waals surface area contributed by atoms with Crippen molar-refractivity contribution in [3.05, 3.63) is 0 Å². The molecule has 3 aliphatic heterocycles. The normalized spacial score (nSPS) is 47.1. The van der Waals surface area contributed by atoms with Crippen LogP contribution in [0.25, 0.3) is 0 Å². The largest absolute Gasteiger partial charge is 0.312 e. The molecule has 1 aliphatic carbocycles. The van der Waals surface area contributed by atoms with Crippen molar-refractivity contribution >= 4 is 5.78 Å².